The molecule has 0 aromatic carbocycles. The molecule has 0 heterocycles. The molecule has 0 atom stereocenters. The largest absolute Gasteiger partial charge is 0.377 e. The summed E-state index contributed by atoms with van der Waals surface area (Å²) in [5, 5.41) is 10.8. The van der Waals surface area contributed by atoms with Crippen molar-refractivity contribution in [2.24, 2.45) is 0 Å². The monoisotopic (exact) mass is 295 g/mol. The van der Waals surface area contributed by atoms with Crippen LogP contribution in [-0.4, -0.2) is 37.1 Å². The minimum atomic E-state index is -3.20. The van der Waals surface area contributed by atoms with Gasteiger partial charge in [-0.25, -0.2) is 0 Å². The van der Waals surface area contributed by atoms with Crippen LogP contribution in [0.25, 0.3) is 0 Å². The Kier molecular flexibility index (Phi) is 11.2. The van der Waals surface area contributed by atoms with Crippen molar-refractivity contribution in [3.8, 4) is 0 Å². The van der Waals surface area contributed by atoms with E-state index in [4.69, 9.17) is 14.2 Å². The number of amides is 1. The summed E-state index contributed by atoms with van der Waals surface area (Å²) in [6.07, 6.45) is 3.58. The number of carbonyl (C=O) groups is 1. The van der Waals surface area contributed by atoms with Gasteiger partial charge in [0.05, 0.1) is 19.4 Å². The molecular formula is C12H26NO5P. The molecule has 0 rings (SSSR count). The molecular weight excluding hydrogens is 269 g/mol. The van der Waals surface area contributed by atoms with E-state index in [9.17, 15) is 9.36 Å². The average molecular weight is 295 g/mol. The van der Waals surface area contributed by atoms with Crippen molar-refractivity contribution >= 4 is 13.5 Å². The normalized spacial score (nSPS) is 11.5. The molecule has 6 nitrogen and oxygen atoms in total. The molecule has 0 radical (unpaired) electrons. The van der Waals surface area contributed by atoms with Crippen LogP contribution in [0.2, 0.25) is 0 Å². The van der Waals surface area contributed by atoms with Gasteiger partial charge in [-0.3, -0.25) is 9.36 Å². The maximum atomic E-state index is 12.4. The van der Waals surface area contributed by atoms with E-state index in [1.807, 2.05) is 13.8 Å². The lowest BCUT2D eigenvalue weighted by Gasteiger charge is -2.18. The highest BCUT2D eigenvalue weighted by atomic mass is 31.2. The van der Waals surface area contributed by atoms with Gasteiger partial charge in [0.2, 0.25) is 5.91 Å². The number of aliphatic hydroxyl groups is 1. The highest BCUT2D eigenvalue weighted by Crippen LogP contribution is 2.49. The fourth-order valence-electron chi connectivity index (χ4n) is 1.28. The number of carbonyl (C=O) groups excluding carboxylic acids is 1. The van der Waals surface area contributed by atoms with Crippen LogP contribution in [0, 0.1) is 0 Å². The molecule has 0 spiro atoms. The van der Waals surface area contributed by atoms with Gasteiger partial charge < -0.3 is 19.5 Å². The molecule has 0 aromatic rings. The van der Waals surface area contributed by atoms with E-state index in [1.165, 1.54) is 0 Å². The fourth-order valence-corrected chi connectivity index (χ4v) is 2.90. The Morgan fingerprint density at radius 2 is 1.68 bits per heavy atom. The second-order valence-corrected chi connectivity index (χ2v) is 6.40. The number of hydrogen-bond donors (Lipinski definition) is 2. The van der Waals surface area contributed by atoms with Crippen molar-refractivity contribution in [3.05, 3.63) is 0 Å². The van der Waals surface area contributed by atoms with Gasteiger partial charge >= 0.3 is 7.60 Å². The summed E-state index contributed by atoms with van der Waals surface area (Å²) < 4.78 is 23.1. The van der Waals surface area contributed by atoms with Crippen LogP contribution in [0.4, 0.5) is 0 Å². The maximum Gasteiger partial charge on any atom is 0.331 e. The SMILES string of the molecule is CCCCOP(=O)(CCC(=O)NCO)OCCCC. The second-order valence-electron chi connectivity index (χ2n) is 4.22. The Hall–Kier alpha value is -0.420. The Balaban J connectivity index is 4.22. The Morgan fingerprint density at radius 3 is 2.11 bits per heavy atom. The van der Waals surface area contributed by atoms with E-state index >= 15 is 0 Å². The van der Waals surface area contributed by atoms with Gasteiger partial charge in [-0.1, -0.05) is 26.7 Å². The van der Waals surface area contributed by atoms with Crippen LogP contribution in [0.5, 0.6) is 0 Å². The highest BCUT2D eigenvalue weighted by Gasteiger charge is 2.25. The molecule has 0 aliphatic rings. The summed E-state index contributed by atoms with van der Waals surface area (Å²) in [6, 6.07) is 0. The molecule has 0 aromatic heterocycles. The van der Waals surface area contributed by atoms with Crippen molar-refractivity contribution < 1.29 is 23.5 Å². The van der Waals surface area contributed by atoms with Gasteiger partial charge in [0.25, 0.3) is 0 Å². The summed E-state index contributed by atoms with van der Waals surface area (Å²) >= 11 is 0. The van der Waals surface area contributed by atoms with E-state index in [1.54, 1.807) is 0 Å². The minimum Gasteiger partial charge on any atom is -0.377 e. The van der Waals surface area contributed by atoms with Crippen molar-refractivity contribution in [1.82, 2.24) is 5.32 Å². The van der Waals surface area contributed by atoms with Crippen LogP contribution < -0.4 is 5.32 Å². The van der Waals surface area contributed by atoms with Crippen LogP contribution in [0.1, 0.15) is 46.0 Å². The molecule has 114 valence electrons. The van der Waals surface area contributed by atoms with Crippen molar-refractivity contribution in [1.29, 1.82) is 0 Å². The molecule has 0 unspecified atom stereocenters. The zero-order valence-corrected chi connectivity index (χ0v) is 12.8. The lowest BCUT2D eigenvalue weighted by atomic mass is 10.4. The third-order valence-electron chi connectivity index (χ3n) is 2.46. The highest BCUT2D eigenvalue weighted by molar-refractivity contribution is 7.53. The Morgan fingerprint density at radius 1 is 1.16 bits per heavy atom. The molecule has 0 saturated heterocycles. The average Bonchev–Trinajstić information content (AvgIpc) is 2.38. The van der Waals surface area contributed by atoms with E-state index in [2.05, 4.69) is 5.32 Å². The predicted octanol–water partition coefficient (Wildman–Crippen LogP) is 2.27. The zero-order valence-electron chi connectivity index (χ0n) is 11.9. The molecule has 19 heavy (non-hydrogen) atoms. The third kappa shape index (κ3) is 10.1. The summed E-state index contributed by atoms with van der Waals surface area (Å²) in [4.78, 5) is 11.2. The molecule has 7 heteroatoms. The molecule has 0 fully saturated rings. The molecule has 0 bridgehead atoms. The minimum absolute atomic E-state index is 0.0239. The van der Waals surface area contributed by atoms with Crippen molar-refractivity contribution in [2.75, 3.05) is 26.1 Å². The molecule has 0 aliphatic carbocycles. The molecule has 2 N–H and O–H groups in total. The standard InChI is InChI=1S/C12H26NO5P/c1-3-5-8-17-19(16,18-9-6-4-2)10-7-12(15)13-11-14/h14H,3-11H2,1-2H3,(H,13,15). The van der Waals surface area contributed by atoms with E-state index < -0.39 is 14.3 Å². The van der Waals surface area contributed by atoms with E-state index in [-0.39, 0.29) is 18.5 Å². The van der Waals surface area contributed by atoms with Gasteiger partial charge in [0.1, 0.15) is 6.73 Å². The Labute approximate surface area is 115 Å². The number of nitrogens with one attached hydrogen (secondary N) is 1. The first kappa shape index (κ1) is 18.6. The molecule has 0 aliphatic heterocycles. The number of rotatable bonds is 12. The number of hydrogen-bond acceptors (Lipinski definition) is 5. The van der Waals surface area contributed by atoms with Crippen LogP contribution in [-0.2, 0) is 18.4 Å². The van der Waals surface area contributed by atoms with Crippen molar-refractivity contribution in [3.63, 3.8) is 0 Å². The number of unbranched alkanes of at least 4 members (excludes halogenated alkanes) is 2. The summed E-state index contributed by atoms with van der Waals surface area (Å²) in [6.45, 7) is 4.36. The van der Waals surface area contributed by atoms with E-state index in [0.29, 0.717) is 13.2 Å². The first-order valence-corrected chi connectivity index (χ1v) is 8.56. The molecule has 0 saturated carbocycles. The lowest BCUT2D eigenvalue weighted by molar-refractivity contribution is -0.121. The summed E-state index contributed by atoms with van der Waals surface area (Å²) in [5.41, 5.74) is 0. The lowest BCUT2D eigenvalue weighted by Crippen LogP contribution is -2.25. The quantitative estimate of drug-likeness (QED) is 0.328. The smallest absolute Gasteiger partial charge is 0.331 e. The number of aliphatic hydroxyl groups excluding tert-OH is 1. The predicted molar refractivity (Wildman–Crippen MR) is 74.0 cm³/mol. The summed E-state index contributed by atoms with van der Waals surface area (Å²) in [7, 11) is -3.20. The van der Waals surface area contributed by atoms with Crippen molar-refractivity contribution in [2.45, 2.75) is 46.0 Å². The first-order valence-electron chi connectivity index (χ1n) is 6.83. The van der Waals surface area contributed by atoms with Crippen LogP contribution in [0.15, 0.2) is 0 Å². The van der Waals surface area contributed by atoms with Gasteiger partial charge in [-0.2, -0.15) is 0 Å². The third-order valence-corrected chi connectivity index (χ3v) is 4.38. The van der Waals surface area contributed by atoms with Crippen LogP contribution >= 0.6 is 7.60 Å². The second kappa shape index (κ2) is 11.4. The van der Waals surface area contributed by atoms with Gasteiger partial charge in [-0.05, 0) is 12.8 Å². The first-order chi connectivity index (χ1) is 9.08. The Bertz CT molecular complexity index is 271. The topological polar surface area (TPSA) is 84.9 Å². The maximum absolute atomic E-state index is 12.4. The van der Waals surface area contributed by atoms with Gasteiger partial charge in [0.15, 0.2) is 0 Å². The molecule has 1 amide bonds. The fraction of sp³-hybridized carbons (Fsp3) is 0.917. The summed E-state index contributed by atoms with van der Waals surface area (Å²) in [5.74, 6) is -0.360. The van der Waals surface area contributed by atoms with Gasteiger partial charge in [0, 0.05) is 6.42 Å². The zero-order chi connectivity index (χ0) is 14.6. The van der Waals surface area contributed by atoms with Gasteiger partial charge in [-0.15, -0.1) is 0 Å². The van der Waals surface area contributed by atoms with E-state index in [0.717, 1.165) is 25.7 Å². The van der Waals surface area contributed by atoms with Crippen LogP contribution in [0.3, 0.4) is 0 Å².